The van der Waals surface area contributed by atoms with Gasteiger partial charge in [-0.05, 0) is 43.7 Å². The maximum atomic E-state index is 12.7. The number of aromatic nitrogens is 3. The lowest BCUT2D eigenvalue weighted by Crippen LogP contribution is -2.52. The number of nitrogens with zero attached hydrogens (tertiary/aromatic N) is 5. The predicted molar refractivity (Wildman–Crippen MR) is 103 cm³/mol. The van der Waals surface area contributed by atoms with Crippen LogP contribution in [0, 0.1) is 12.3 Å². The zero-order chi connectivity index (χ0) is 19.6. The van der Waals surface area contributed by atoms with E-state index in [-0.39, 0.29) is 17.2 Å². The van der Waals surface area contributed by atoms with E-state index in [1.165, 1.54) is 0 Å². The average Bonchev–Trinajstić information content (AvgIpc) is 2.72. The smallest absolute Gasteiger partial charge is 0.274 e. The van der Waals surface area contributed by atoms with E-state index >= 15 is 0 Å². The van der Waals surface area contributed by atoms with Gasteiger partial charge in [-0.2, -0.15) is 0 Å². The van der Waals surface area contributed by atoms with Gasteiger partial charge in [0.15, 0.2) is 0 Å². The average molecular weight is 379 g/mol. The molecule has 0 atom stereocenters. The third kappa shape index (κ3) is 3.88. The molecule has 2 saturated heterocycles. The Balaban J connectivity index is 1.39. The zero-order valence-electron chi connectivity index (χ0n) is 16.2. The molecule has 2 amide bonds. The molecule has 2 fully saturated rings. The van der Waals surface area contributed by atoms with Crippen molar-refractivity contribution in [3.8, 4) is 0 Å². The first kappa shape index (κ1) is 18.5. The predicted octanol–water partition coefficient (Wildman–Crippen LogP) is 2.23. The molecule has 0 bridgehead atoms. The Hall–Kier alpha value is -2.83. The zero-order valence-corrected chi connectivity index (χ0v) is 16.2. The Kier molecular flexibility index (Phi) is 5.07. The molecule has 0 saturated carbocycles. The number of aryl methyl sites for hydroxylation is 1. The van der Waals surface area contributed by atoms with Gasteiger partial charge >= 0.3 is 0 Å². The molecule has 0 aliphatic carbocycles. The van der Waals surface area contributed by atoms with Gasteiger partial charge < -0.3 is 9.80 Å². The maximum Gasteiger partial charge on any atom is 0.274 e. The minimum absolute atomic E-state index is 0.0559. The van der Waals surface area contributed by atoms with E-state index in [2.05, 4.69) is 15.0 Å². The van der Waals surface area contributed by atoms with Crippen LogP contribution < -0.4 is 0 Å². The largest absolute Gasteiger partial charge is 0.337 e. The first-order valence-electron chi connectivity index (χ1n) is 9.80. The van der Waals surface area contributed by atoms with E-state index < -0.39 is 0 Å². The van der Waals surface area contributed by atoms with Crippen LogP contribution in [0.2, 0.25) is 0 Å². The maximum absolute atomic E-state index is 12.7. The lowest BCUT2D eigenvalue weighted by Gasteiger charge is -2.47. The molecule has 2 aromatic heterocycles. The van der Waals surface area contributed by atoms with Crippen LogP contribution in [-0.2, 0) is 11.3 Å². The van der Waals surface area contributed by atoms with Crippen molar-refractivity contribution in [2.24, 2.45) is 5.41 Å². The van der Waals surface area contributed by atoms with Crippen molar-refractivity contribution in [3.63, 3.8) is 0 Å². The highest BCUT2D eigenvalue weighted by molar-refractivity contribution is 5.92. The van der Waals surface area contributed by atoms with Gasteiger partial charge in [-0.3, -0.25) is 19.6 Å². The van der Waals surface area contributed by atoms with Gasteiger partial charge in [-0.15, -0.1) is 0 Å². The second-order valence-electron chi connectivity index (χ2n) is 7.91. The molecule has 0 aromatic carbocycles. The summed E-state index contributed by atoms with van der Waals surface area (Å²) in [5.74, 6) is 0.143. The number of hydrogen-bond acceptors (Lipinski definition) is 5. The Labute approximate surface area is 164 Å². The third-order valence-corrected chi connectivity index (χ3v) is 5.94. The third-order valence-electron chi connectivity index (χ3n) is 5.94. The van der Waals surface area contributed by atoms with Gasteiger partial charge in [-0.1, -0.05) is 6.07 Å². The Morgan fingerprint density at radius 3 is 2.61 bits per heavy atom. The molecule has 146 valence electrons. The molecule has 28 heavy (non-hydrogen) atoms. The number of piperidine rings is 2. The summed E-state index contributed by atoms with van der Waals surface area (Å²) in [6.07, 6.45) is 8.23. The van der Waals surface area contributed by atoms with Crippen LogP contribution in [0.25, 0.3) is 0 Å². The summed E-state index contributed by atoms with van der Waals surface area (Å²) in [5, 5.41) is 0. The SMILES string of the molecule is Cc1cnc(C(=O)N2CCC3(CCC(=O)N(Cc4ccccn4)C3)CC2)cn1. The monoisotopic (exact) mass is 379 g/mol. The van der Waals surface area contributed by atoms with E-state index in [0.29, 0.717) is 31.7 Å². The summed E-state index contributed by atoms with van der Waals surface area (Å²) in [6.45, 7) is 4.55. The highest BCUT2D eigenvalue weighted by Gasteiger charge is 2.42. The van der Waals surface area contributed by atoms with E-state index in [1.54, 1.807) is 18.6 Å². The molecule has 7 heteroatoms. The number of hydrogen-bond donors (Lipinski definition) is 0. The van der Waals surface area contributed by atoms with Crippen LogP contribution in [0.15, 0.2) is 36.8 Å². The number of carbonyl (C=O) groups is 2. The summed E-state index contributed by atoms with van der Waals surface area (Å²) in [7, 11) is 0. The van der Waals surface area contributed by atoms with Crippen LogP contribution in [0.1, 0.15) is 47.6 Å². The summed E-state index contributed by atoms with van der Waals surface area (Å²) in [4.78, 5) is 41.7. The van der Waals surface area contributed by atoms with Crippen molar-refractivity contribution >= 4 is 11.8 Å². The number of rotatable bonds is 3. The molecule has 7 nitrogen and oxygen atoms in total. The Morgan fingerprint density at radius 1 is 1.11 bits per heavy atom. The van der Waals surface area contributed by atoms with E-state index in [4.69, 9.17) is 0 Å². The molecule has 2 aliphatic heterocycles. The Bertz CT molecular complexity index is 845. The molecular formula is C21H25N5O2. The number of pyridine rings is 1. The molecule has 0 N–H and O–H groups in total. The molecule has 1 spiro atoms. The lowest BCUT2D eigenvalue weighted by molar-refractivity contribution is -0.139. The van der Waals surface area contributed by atoms with Crippen LogP contribution in [-0.4, -0.2) is 56.2 Å². The second kappa shape index (κ2) is 7.66. The standard InChI is InChI=1S/C21H25N5O2/c1-16-12-24-18(13-23-16)20(28)25-10-7-21(8-11-25)6-5-19(27)26(15-21)14-17-4-2-3-9-22-17/h2-4,9,12-13H,5-8,10-11,14-15H2,1H3. The van der Waals surface area contributed by atoms with Crippen molar-refractivity contribution in [1.29, 1.82) is 0 Å². The molecule has 0 radical (unpaired) electrons. The van der Waals surface area contributed by atoms with Gasteiger partial charge in [-0.25, -0.2) is 4.98 Å². The fraction of sp³-hybridized carbons (Fsp3) is 0.476. The van der Waals surface area contributed by atoms with Gasteiger partial charge in [0, 0.05) is 38.4 Å². The first-order chi connectivity index (χ1) is 13.5. The highest BCUT2D eigenvalue weighted by atomic mass is 16.2. The topological polar surface area (TPSA) is 79.3 Å². The van der Waals surface area contributed by atoms with Crippen LogP contribution in [0.5, 0.6) is 0 Å². The summed E-state index contributed by atoms with van der Waals surface area (Å²) in [5.41, 5.74) is 2.21. The van der Waals surface area contributed by atoms with Crippen molar-refractivity contribution < 1.29 is 9.59 Å². The number of likely N-dealkylation sites (tertiary alicyclic amines) is 2. The van der Waals surface area contributed by atoms with Crippen molar-refractivity contribution in [1.82, 2.24) is 24.8 Å². The molecule has 0 unspecified atom stereocenters. The molecule has 2 aliphatic rings. The number of carbonyl (C=O) groups excluding carboxylic acids is 2. The van der Waals surface area contributed by atoms with Crippen LogP contribution >= 0.6 is 0 Å². The van der Waals surface area contributed by atoms with Crippen molar-refractivity contribution in [2.45, 2.75) is 39.2 Å². The molecule has 4 rings (SSSR count). The minimum Gasteiger partial charge on any atom is -0.337 e. The van der Waals surface area contributed by atoms with E-state index in [1.807, 2.05) is 34.9 Å². The van der Waals surface area contributed by atoms with Gasteiger partial charge in [0.05, 0.1) is 24.1 Å². The normalized spacial score (nSPS) is 19.1. The van der Waals surface area contributed by atoms with Gasteiger partial charge in [0.25, 0.3) is 5.91 Å². The van der Waals surface area contributed by atoms with Gasteiger partial charge in [0.2, 0.25) is 5.91 Å². The molecular weight excluding hydrogens is 354 g/mol. The van der Waals surface area contributed by atoms with Gasteiger partial charge in [0.1, 0.15) is 5.69 Å². The summed E-state index contributed by atoms with van der Waals surface area (Å²) < 4.78 is 0. The first-order valence-corrected chi connectivity index (χ1v) is 9.80. The van der Waals surface area contributed by atoms with Crippen LogP contribution in [0.4, 0.5) is 0 Å². The van der Waals surface area contributed by atoms with E-state index in [0.717, 1.165) is 37.2 Å². The minimum atomic E-state index is -0.0559. The van der Waals surface area contributed by atoms with E-state index in [9.17, 15) is 9.59 Å². The second-order valence-corrected chi connectivity index (χ2v) is 7.91. The summed E-state index contributed by atoms with van der Waals surface area (Å²) in [6, 6.07) is 5.79. The number of amides is 2. The highest BCUT2D eigenvalue weighted by Crippen LogP contribution is 2.40. The quantitative estimate of drug-likeness (QED) is 0.817. The Morgan fingerprint density at radius 2 is 1.93 bits per heavy atom. The van der Waals surface area contributed by atoms with Crippen LogP contribution in [0.3, 0.4) is 0 Å². The molecule has 2 aromatic rings. The van der Waals surface area contributed by atoms with Crippen molar-refractivity contribution in [2.75, 3.05) is 19.6 Å². The lowest BCUT2D eigenvalue weighted by atomic mass is 9.72. The summed E-state index contributed by atoms with van der Waals surface area (Å²) >= 11 is 0. The van der Waals surface area contributed by atoms with Crippen molar-refractivity contribution in [3.05, 3.63) is 53.9 Å². The molecule has 4 heterocycles. The fourth-order valence-electron chi connectivity index (χ4n) is 4.19. The fourth-order valence-corrected chi connectivity index (χ4v) is 4.19.